The van der Waals surface area contributed by atoms with Gasteiger partial charge in [0.25, 0.3) is 5.91 Å². The molecule has 0 N–H and O–H groups in total. The molecule has 0 fully saturated rings. The summed E-state index contributed by atoms with van der Waals surface area (Å²) in [6, 6.07) is 15.6. The summed E-state index contributed by atoms with van der Waals surface area (Å²) in [7, 11) is 1.75. The minimum Gasteiger partial charge on any atom is -0.486 e. The third-order valence-electron chi connectivity index (χ3n) is 3.56. The molecular formula is C19H17FN2O2S. The zero-order chi connectivity index (χ0) is 17.6. The molecule has 0 aliphatic carbocycles. The molecule has 3 aromatic rings. The number of amides is 1. The molecule has 3 rings (SSSR count). The molecule has 0 bridgehead atoms. The number of thiazole rings is 1. The van der Waals surface area contributed by atoms with Gasteiger partial charge in [0.05, 0.1) is 0 Å². The lowest BCUT2D eigenvalue weighted by molar-refractivity contribution is 0.0779. The Bertz CT molecular complexity index is 834. The van der Waals surface area contributed by atoms with Gasteiger partial charge >= 0.3 is 0 Å². The highest BCUT2D eigenvalue weighted by Gasteiger charge is 2.16. The molecule has 25 heavy (non-hydrogen) atoms. The largest absolute Gasteiger partial charge is 0.486 e. The van der Waals surface area contributed by atoms with Crippen LogP contribution in [0.25, 0.3) is 0 Å². The quantitative estimate of drug-likeness (QED) is 0.667. The molecule has 0 unspecified atom stereocenters. The molecule has 0 saturated carbocycles. The zero-order valence-corrected chi connectivity index (χ0v) is 14.5. The van der Waals surface area contributed by atoms with E-state index in [9.17, 15) is 9.18 Å². The van der Waals surface area contributed by atoms with Gasteiger partial charge in [-0.3, -0.25) is 4.79 Å². The molecule has 128 valence electrons. The average molecular weight is 356 g/mol. The summed E-state index contributed by atoms with van der Waals surface area (Å²) in [5.41, 5.74) is 1.47. The lowest BCUT2D eigenvalue weighted by Gasteiger charge is -2.15. The first-order valence-electron chi connectivity index (χ1n) is 7.74. The molecule has 2 aromatic carbocycles. The molecule has 0 spiro atoms. The van der Waals surface area contributed by atoms with E-state index in [1.54, 1.807) is 29.5 Å². The van der Waals surface area contributed by atoms with E-state index in [0.29, 0.717) is 23.0 Å². The fraction of sp³-hybridized carbons (Fsp3) is 0.158. The molecular weight excluding hydrogens is 339 g/mol. The van der Waals surface area contributed by atoms with Crippen LogP contribution in [0.2, 0.25) is 0 Å². The predicted octanol–water partition coefficient (Wildman–Crippen LogP) is 4.13. The summed E-state index contributed by atoms with van der Waals surface area (Å²) < 4.78 is 18.4. The number of carbonyl (C=O) groups excluding carboxylic acids is 1. The Kier molecular flexibility index (Phi) is 5.40. The maximum Gasteiger partial charge on any atom is 0.273 e. The minimum absolute atomic E-state index is 0.131. The van der Waals surface area contributed by atoms with E-state index < -0.39 is 0 Å². The summed E-state index contributed by atoms with van der Waals surface area (Å²) in [5, 5.41) is 2.42. The van der Waals surface area contributed by atoms with Crippen molar-refractivity contribution >= 4 is 17.2 Å². The number of hydrogen-bond acceptors (Lipinski definition) is 4. The molecule has 0 saturated heterocycles. The lowest BCUT2D eigenvalue weighted by atomic mass is 10.2. The number of carbonyl (C=O) groups is 1. The average Bonchev–Trinajstić information content (AvgIpc) is 3.10. The van der Waals surface area contributed by atoms with Gasteiger partial charge in [-0.25, -0.2) is 9.37 Å². The lowest BCUT2D eigenvalue weighted by Crippen LogP contribution is -2.26. The number of nitrogens with zero attached hydrogens (tertiary/aromatic N) is 2. The van der Waals surface area contributed by atoms with Crippen molar-refractivity contribution in [2.24, 2.45) is 0 Å². The molecule has 0 aliphatic rings. The van der Waals surface area contributed by atoms with E-state index in [0.717, 1.165) is 5.56 Å². The monoisotopic (exact) mass is 356 g/mol. The van der Waals surface area contributed by atoms with Crippen LogP contribution < -0.4 is 4.74 Å². The SMILES string of the molecule is CN(Cc1ccccc1)C(=O)c1csc(COc2ccc(F)cc2)n1. The van der Waals surface area contributed by atoms with E-state index in [4.69, 9.17) is 4.74 Å². The van der Waals surface area contributed by atoms with E-state index in [-0.39, 0.29) is 18.3 Å². The van der Waals surface area contributed by atoms with Crippen LogP contribution in [0.3, 0.4) is 0 Å². The Balaban J connectivity index is 1.58. The number of ether oxygens (including phenoxy) is 1. The van der Waals surface area contributed by atoms with Crippen LogP contribution in [0.1, 0.15) is 21.1 Å². The Hall–Kier alpha value is -2.73. The Morgan fingerprint density at radius 1 is 1.16 bits per heavy atom. The van der Waals surface area contributed by atoms with Gasteiger partial charge in [-0.05, 0) is 29.8 Å². The van der Waals surface area contributed by atoms with Gasteiger partial charge in [0.1, 0.15) is 28.9 Å². The maximum absolute atomic E-state index is 12.9. The van der Waals surface area contributed by atoms with Gasteiger partial charge in [-0.2, -0.15) is 0 Å². The number of halogens is 1. The fourth-order valence-corrected chi connectivity index (χ4v) is 2.96. The van der Waals surface area contributed by atoms with Gasteiger partial charge in [0.2, 0.25) is 0 Å². The van der Waals surface area contributed by atoms with Crippen LogP contribution in [-0.2, 0) is 13.2 Å². The van der Waals surface area contributed by atoms with Crippen molar-refractivity contribution in [1.29, 1.82) is 0 Å². The van der Waals surface area contributed by atoms with E-state index in [1.807, 2.05) is 30.3 Å². The van der Waals surface area contributed by atoms with Crippen molar-refractivity contribution < 1.29 is 13.9 Å². The smallest absolute Gasteiger partial charge is 0.273 e. The molecule has 4 nitrogen and oxygen atoms in total. The summed E-state index contributed by atoms with van der Waals surface area (Å²) in [6.45, 7) is 0.768. The van der Waals surface area contributed by atoms with Crippen LogP contribution in [-0.4, -0.2) is 22.8 Å². The van der Waals surface area contributed by atoms with Gasteiger partial charge in [0, 0.05) is 19.0 Å². The van der Waals surface area contributed by atoms with Crippen molar-refractivity contribution in [2.45, 2.75) is 13.2 Å². The second-order valence-electron chi connectivity index (χ2n) is 5.52. The topological polar surface area (TPSA) is 42.4 Å². The van der Waals surface area contributed by atoms with Crippen molar-refractivity contribution in [1.82, 2.24) is 9.88 Å². The summed E-state index contributed by atoms with van der Waals surface area (Å²) >= 11 is 1.37. The predicted molar refractivity (Wildman–Crippen MR) is 95.1 cm³/mol. The number of hydrogen-bond donors (Lipinski definition) is 0. The molecule has 1 amide bonds. The van der Waals surface area contributed by atoms with Crippen LogP contribution >= 0.6 is 11.3 Å². The first kappa shape index (κ1) is 17.1. The highest BCUT2D eigenvalue weighted by molar-refractivity contribution is 7.09. The fourth-order valence-electron chi connectivity index (χ4n) is 2.28. The van der Waals surface area contributed by atoms with Crippen LogP contribution in [0.4, 0.5) is 4.39 Å². The first-order valence-corrected chi connectivity index (χ1v) is 8.62. The molecule has 0 atom stereocenters. The molecule has 6 heteroatoms. The molecule has 0 radical (unpaired) electrons. The van der Waals surface area contributed by atoms with Gasteiger partial charge in [0.15, 0.2) is 0 Å². The highest BCUT2D eigenvalue weighted by Crippen LogP contribution is 2.17. The van der Waals surface area contributed by atoms with Crippen LogP contribution in [0, 0.1) is 5.82 Å². The summed E-state index contributed by atoms with van der Waals surface area (Å²) in [6.07, 6.45) is 0. The van der Waals surface area contributed by atoms with Crippen molar-refractivity contribution in [2.75, 3.05) is 7.05 Å². The maximum atomic E-state index is 12.9. The Morgan fingerprint density at radius 2 is 1.88 bits per heavy atom. The van der Waals surface area contributed by atoms with Crippen molar-refractivity contribution in [3.05, 3.63) is 82.1 Å². The molecule has 1 heterocycles. The van der Waals surface area contributed by atoms with E-state index in [1.165, 1.54) is 23.5 Å². The van der Waals surface area contributed by atoms with E-state index >= 15 is 0 Å². The summed E-state index contributed by atoms with van der Waals surface area (Å²) in [5.74, 6) is 0.120. The Morgan fingerprint density at radius 3 is 2.60 bits per heavy atom. The normalized spacial score (nSPS) is 10.5. The van der Waals surface area contributed by atoms with Crippen LogP contribution in [0.15, 0.2) is 60.0 Å². The second-order valence-corrected chi connectivity index (χ2v) is 6.46. The summed E-state index contributed by atoms with van der Waals surface area (Å²) in [4.78, 5) is 18.4. The van der Waals surface area contributed by atoms with E-state index in [2.05, 4.69) is 4.98 Å². The Labute approximate surface area is 149 Å². The minimum atomic E-state index is -0.309. The first-order chi connectivity index (χ1) is 12.1. The van der Waals surface area contributed by atoms with Crippen molar-refractivity contribution in [3.8, 4) is 5.75 Å². The standard InChI is InChI=1S/C19H17FN2O2S/c1-22(11-14-5-3-2-4-6-14)19(23)17-13-25-18(21-17)12-24-16-9-7-15(20)8-10-16/h2-10,13H,11-12H2,1H3. The molecule has 1 aromatic heterocycles. The third-order valence-corrected chi connectivity index (χ3v) is 4.38. The zero-order valence-electron chi connectivity index (χ0n) is 13.7. The molecule has 0 aliphatic heterocycles. The third kappa shape index (κ3) is 4.64. The second kappa shape index (κ2) is 7.90. The van der Waals surface area contributed by atoms with Gasteiger partial charge in [-0.1, -0.05) is 30.3 Å². The highest BCUT2D eigenvalue weighted by atomic mass is 32.1. The van der Waals surface area contributed by atoms with Crippen LogP contribution in [0.5, 0.6) is 5.75 Å². The van der Waals surface area contributed by atoms with Crippen molar-refractivity contribution in [3.63, 3.8) is 0 Å². The number of benzene rings is 2. The number of aromatic nitrogens is 1. The van der Waals surface area contributed by atoms with Gasteiger partial charge in [-0.15, -0.1) is 11.3 Å². The van der Waals surface area contributed by atoms with Gasteiger partial charge < -0.3 is 9.64 Å². The number of rotatable bonds is 6.